The van der Waals surface area contributed by atoms with Crippen molar-refractivity contribution in [2.75, 3.05) is 0 Å². The van der Waals surface area contributed by atoms with Crippen LogP contribution in [0.5, 0.6) is 0 Å². The predicted octanol–water partition coefficient (Wildman–Crippen LogP) is 2.02. The van der Waals surface area contributed by atoms with Gasteiger partial charge in [-0.2, -0.15) is 0 Å². The zero-order chi connectivity index (χ0) is 13.7. The number of benzene rings is 1. The fourth-order valence-electron chi connectivity index (χ4n) is 1.60. The summed E-state index contributed by atoms with van der Waals surface area (Å²) in [6, 6.07) is 11.3. The molecule has 0 aliphatic carbocycles. The van der Waals surface area contributed by atoms with Crippen LogP contribution in [-0.2, 0) is 4.79 Å². The topological polar surface area (TPSA) is 69.1 Å². The number of primary amides is 1. The fraction of sp³-hybridized carbons (Fsp3) is 0.133. The van der Waals surface area contributed by atoms with Gasteiger partial charge in [-0.3, -0.25) is 4.79 Å². The zero-order valence-electron chi connectivity index (χ0n) is 10.3. The van der Waals surface area contributed by atoms with Gasteiger partial charge < -0.3 is 11.5 Å². The summed E-state index contributed by atoms with van der Waals surface area (Å²) in [6.45, 7) is 0. The molecule has 1 unspecified atom stereocenters. The number of nitrogens with two attached hydrogens (primary N) is 2. The molecule has 0 saturated heterocycles. The molecule has 96 valence electrons. The molecule has 0 radical (unpaired) electrons. The summed E-state index contributed by atoms with van der Waals surface area (Å²) in [7, 11) is 0. The van der Waals surface area contributed by atoms with Gasteiger partial charge >= 0.3 is 0 Å². The molecule has 2 rings (SSSR count). The molecule has 0 aliphatic heterocycles. The minimum absolute atomic E-state index is 0.159. The lowest BCUT2D eigenvalue weighted by molar-refractivity contribution is -0.118. The number of rotatable bonds is 3. The minimum Gasteiger partial charge on any atom is -0.370 e. The molecule has 2 aromatic rings. The summed E-state index contributed by atoms with van der Waals surface area (Å²) >= 11 is 1.50. The van der Waals surface area contributed by atoms with Crippen LogP contribution in [0.2, 0.25) is 0 Å². The smallest absolute Gasteiger partial charge is 0.219 e. The zero-order valence-corrected chi connectivity index (χ0v) is 11.1. The third kappa shape index (κ3) is 3.95. The van der Waals surface area contributed by atoms with Crippen molar-refractivity contribution in [1.29, 1.82) is 0 Å². The van der Waals surface area contributed by atoms with Gasteiger partial charge in [-0.05, 0) is 18.2 Å². The Morgan fingerprint density at radius 2 is 1.89 bits per heavy atom. The second kappa shape index (κ2) is 6.19. The van der Waals surface area contributed by atoms with Gasteiger partial charge in [0.15, 0.2) is 0 Å². The summed E-state index contributed by atoms with van der Waals surface area (Å²) < 4.78 is 0. The van der Waals surface area contributed by atoms with E-state index in [4.69, 9.17) is 11.5 Å². The van der Waals surface area contributed by atoms with Crippen LogP contribution in [0, 0.1) is 11.8 Å². The molecule has 0 aliphatic rings. The van der Waals surface area contributed by atoms with Crippen molar-refractivity contribution in [2.24, 2.45) is 11.5 Å². The van der Waals surface area contributed by atoms with Crippen molar-refractivity contribution in [3.05, 3.63) is 57.8 Å². The highest BCUT2D eigenvalue weighted by Crippen LogP contribution is 2.22. The van der Waals surface area contributed by atoms with E-state index in [1.807, 2.05) is 41.8 Å². The predicted molar refractivity (Wildman–Crippen MR) is 77.5 cm³/mol. The Morgan fingerprint density at radius 1 is 1.21 bits per heavy atom. The summed E-state index contributed by atoms with van der Waals surface area (Å²) in [5.41, 5.74) is 12.9. The summed E-state index contributed by atoms with van der Waals surface area (Å²) in [5, 5.41) is 1.94. The van der Waals surface area contributed by atoms with Crippen molar-refractivity contribution in [3.8, 4) is 11.8 Å². The second-order valence-corrected chi connectivity index (χ2v) is 5.07. The van der Waals surface area contributed by atoms with Crippen LogP contribution in [-0.4, -0.2) is 5.91 Å². The van der Waals surface area contributed by atoms with E-state index in [1.54, 1.807) is 0 Å². The molecule has 0 bridgehead atoms. The molecule has 1 amide bonds. The first-order chi connectivity index (χ1) is 9.15. The second-order valence-electron chi connectivity index (χ2n) is 4.13. The molecule has 0 saturated carbocycles. The van der Waals surface area contributed by atoms with E-state index < -0.39 is 5.91 Å². The Balaban J connectivity index is 2.10. The first-order valence-electron chi connectivity index (χ1n) is 5.84. The molecule has 1 aromatic carbocycles. The fourth-order valence-corrected chi connectivity index (χ4v) is 2.44. The van der Waals surface area contributed by atoms with Gasteiger partial charge in [0.2, 0.25) is 5.91 Å². The molecular formula is C15H14N2OS. The van der Waals surface area contributed by atoms with E-state index in [0.717, 1.165) is 16.0 Å². The van der Waals surface area contributed by atoms with Crippen LogP contribution < -0.4 is 11.5 Å². The highest BCUT2D eigenvalue weighted by molar-refractivity contribution is 7.10. The standard InChI is InChI=1S/C15H14N2OS/c16-13(9-15(17)18)14-8-12(10-19-14)7-6-11-4-2-1-3-5-11/h1-5,8,10,13H,9,16H2,(H2,17,18). The van der Waals surface area contributed by atoms with E-state index in [2.05, 4.69) is 11.8 Å². The lowest BCUT2D eigenvalue weighted by atomic mass is 10.1. The summed E-state index contributed by atoms with van der Waals surface area (Å²) in [5.74, 6) is 5.77. The van der Waals surface area contributed by atoms with E-state index in [9.17, 15) is 4.79 Å². The number of thiophene rings is 1. The van der Waals surface area contributed by atoms with Crippen LogP contribution in [0.15, 0.2) is 41.8 Å². The van der Waals surface area contributed by atoms with E-state index in [-0.39, 0.29) is 12.5 Å². The molecule has 19 heavy (non-hydrogen) atoms. The SMILES string of the molecule is NC(=O)CC(N)c1cc(C#Cc2ccccc2)cs1. The van der Waals surface area contributed by atoms with E-state index >= 15 is 0 Å². The van der Waals surface area contributed by atoms with Crippen LogP contribution >= 0.6 is 11.3 Å². The molecule has 4 N–H and O–H groups in total. The number of carbonyl (C=O) groups excluding carboxylic acids is 1. The maximum Gasteiger partial charge on any atom is 0.219 e. The first-order valence-corrected chi connectivity index (χ1v) is 6.72. The highest BCUT2D eigenvalue weighted by atomic mass is 32.1. The number of hydrogen-bond donors (Lipinski definition) is 2. The lowest BCUT2D eigenvalue weighted by Crippen LogP contribution is -2.19. The van der Waals surface area contributed by atoms with Crippen LogP contribution in [0.1, 0.15) is 28.5 Å². The molecule has 4 heteroatoms. The Morgan fingerprint density at radius 3 is 2.58 bits per heavy atom. The van der Waals surface area contributed by atoms with Gasteiger partial charge in [0, 0.05) is 33.8 Å². The number of amides is 1. The van der Waals surface area contributed by atoms with Gasteiger partial charge in [-0.15, -0.1) is 11.3 Å². The van der Waals surface area contributed by atoms with Gasteiger partial charge in [0.25, 0.3) is 0 Å². The van der Waals surface area contributed by atoms with Crippen molar-refractivity contribution < 1.29 is 4.79 Å². The van der Waals surface area contributed by atoms with Gasteiger partial charge in [0.1, 0.15) is 0 Å². The van der Waals surface area contributed by atoms with E-state index in [0.29, 0.717) is 0 Å². The molecule has 1 aromatic heterocycles. The highest BCUT2D eigenvalue weighted by Gasteiger charge is 2.11. The minimum atomic E-state index is -0.391. The van der Waals surface area contributed by atoms with Crippen LogP contribution in [0.4, 0.5) is 0 Å². The third-order valence-corrected chi connectivity index (χ3v) is 3.60. The van der Waals surface area contributed by atoms with E-state index in [1.165, 1.54) is 11.3 Å². The van der Waals surface area contributed by atoms with Gasteiger partial charge in [0.05, 0.1) is 0 Å². The van der Waals surface area contributed by atoms with Gasteiger partial charge in [-0.1, -0.05) is 30.0 Å². The first kappa shape index (κ1) is 13.3. The van der Waals surface area contributed by atoms with Crippen molar-refractivity contribution >= 4 is 17.2 Å². The van der Waals surface area contributed by atoms with Crippen molar-refractivity contribution in [2.45, 2.75) is 12.5 Å². The van der Waals surface area contributed by atoms with Crippen LogP contribution in [0.25, 0.3) is 0 Å². The quantitative estimate of drug-likeness (QED) is 0.838. The molecular weight excluding hydrogens is 256 g/mol. The molecule has 0 spiro atoms. The maximum absolute atomic E-state index is 10.8. The Kier molecular flexibility index (Phi) is 4.35. The third-order valence-electron chi connectivity index (χ3n) is 2.53. The Hall–Kier alpha value is -2.09. The molecule has 3 nitrogen and oxygen atoms in total. The molecule has 1 heterocycles. The monoisotopic (exact) mass is 270 g/mol. The largest absolute Gasteiger partial charge is 0.370 e. The molecule has 1 atom stereocenters. The van der Waals surface area contributed by atoms with Crippen LogP contribution in [0.3, 0.4) is 0 Å². The average Bonchev–Trinajstić information content (AvgIpc) is 2.86. The van der Waals surface area contributed by atoms with Gasteiger partial charge in [-0.25, -0.2) is 0 Å². The number of hydrogen-bond acceptors (Lipinski definition) is 3. The normalized spacial score (nSPS) is 11.4. The Bertz CT molecular complexity index is 622. The maximum atomic E-state index is 10.8. The molecule has 0 fully saturated rings. The lowest BCUT2D eigenvalue weighted by Gasteiger charge is -2.04. The summed E-state index contributed by atoms with van der Waals surface area (Å²) in [4.78, 5) is 11.7. The Labute approximate surface area is 116 Å². The van der Waals surface area contributed by atoms with Crippen molar-refractivity contribution in [3.63, 3.8) is 0 Å². The number of carbonyl (C=O) groups is 1. The van der Waals surface area contributed by atoms with Crippen molar-refractivity contribution in [1.82, 2.24) is 0 Å². The summed E-state index contributed by atoms with van der Waals surface area (Å²) in [6.07, 6.45) is 0.159. The average molecular weight is 270 g/mol.